The van der Waals surface area contributed by atoms with Gasteiger partial charge in [0.1, 0.15) is 5.75 Å². The predicted octanol–water partition coefficient (Wildman–Crippen LogP) is 5.75. The number of amides is 2. The number of phenols is 1. The first kappa shape index (κ1) is 31.1. The number of anilines is 2. The molecule has 0 aliphatic rings. The van der Waals surface area contributed by atoms with E-state index in [0.717, 1.165) is 76.1 Å². The molecular weight excluding hydrogens is 506 g/mol. The van der Waals surface area contributed by atoms with Crippen molar-refractivity contribution >= 4 is 17.4 Å². The first-order valence-corrected chi connectivity index (χ1v) is 14.2. The van der Waals surface area contributed by atoms with Crippen molar-refractivity contribution in [1.82, 2.24) is 5.32 Å². The third kappa shape index (κ3) is 11.8. The quantitative estimate of drug-likeness (QED) is 0.112. The summed E-state index contributed by atoms with van der Waals surface area (Å²) >= 11 is 0. The van der Waals surface area contributed by atoms with Gasteiger partial charge >= 0.3 is 6.03 Å². The van der Waals surface area contributed by atoms with Crippen molar-refractivity contribution in [3.8, 4) is 5.75 Å². The number of aryl methyl sites for hydroxylation is 1. The average molecular weight is 550 g/mol. The van der Waals surface area contributed by atoms with Crippen LogP contribution in [0.15, 0.2) is 72.8 Å². The van der Waals surface area contributed by atoms with E-state index in [1.54, 1.807) is 12.1 Å². The molecule has 0 radical (unpaired) electrons. The molecule has 0 saturated heterocycles. The van der Waals surface area contributed by atoms with Gasteiger partial charge in [-0.1, -0.05) is 49.2 Å². The molecule has 0 aliphatic heterocycles. The number of aliphatic hydroxyl groups excluding tert-OH is 2. The van der Waals surface area contributed by atoms with Crippen molar-refractivity contribution in [3.05, 3.63) is 89.5 Å². The molecule has 0 heterocycles. The van der Waals surface area contributed by atoms with Gasteiger partial charge in [-0.25, -0.2) is 4.79 Å². The lowest BCUT2D eigenvalue weighted by atomic mass is 10.1. The number of rotatable bonds is 18. The maximum absolute atomic E-state index is 12.1. The second-order valence-electron chi connectivity index (χ2n) is 9.89. The largest absolute Gasteiger partial charge is 0.508 e. The van der Waals surface area contributed by atoms with Gasteiger partial charge in [-0.05, 0) is 86.2 Å². The molecule has 0 fully saturated rings. The van der Waals surface area contributed by atoms with Crippen molar-refractivity contribution < 1.29 is 24.9 Å². The summed E-state index contributed by atoms with van der Waals surface area (Å²) in [6.45, 7) is 2.57. The highest BCUT2D eigenvalue weighted by atomic mass is 16.5. The summed E-state index contributed by atoms with van der Waals surface area (Å²) in [6.07, 6.45) is 6.70. The van der Waals surface area contributed by atoms with E-state index in [9.17, 15) is 20.1 Å². The molecular formula is C32H43N3O5. The van der Waals surface area contributed by atoms with Crippen molar-refractivity contribution in [1.29, 1.82) is 0 Å². The van der Waals surface area contributed by atoms with Gasteiger partial charge in [0.15, 0.2) is 0 Å². The minimum Gasteiger partial charge on any atom is -0.508 e. The maximum Gasteiger partial charge on any atom is 0.323 e. The summed E-state index contributed by atoms with van der Waals surface area (Å²) in [4.78, 5) is 12.1. The van der Waals surface area contributed by atoms with Crippen LogP contribution >= 0.6 is 0 Å². The molecule has 6 N–H and O–H groups in total. The number of nitrogens with one attached hydrogen (secondary N) is 3. The topological polar surface area (TPSA) is 123 Å². The van der Waals surface area contributed by atoms with E-state index in [0.29, 0.717) is 17.7 Å². The van der Waals surface area contributed by atoms with Crippen molar-refractivity contribution in [2.45, 2.75) is 57.7 Å². The van der Waals surface area contributed by atoms with E-state index >= 15 is 0 Å². The number of ether oxygens (including phenoxy) is 1. The molecule has 0 aromatic heterocycles. The summed E-state index contributed by atoms with van der Waals surface area (Å²) in [6, 6.07) is 21.9. The third-order valence-electron chi connectivity index (χ3n) is 6.64. The smallest absolute Gasteiger partial charge is 0.323 e. The number of aromatic hydroxyl groups is 1. The summed E-state index contributed by atoms with van der Waals surface area (Å²) in [5.41, 5.74) is 3.87. The van der Waals surface area contributed by atoms with E-state index in [2.05, 4.69) is 28.1 Å². The van der Waals surface area contributed by atoms with Crippen LogP contribution in [-0.2, 0) is 17.8 Å². The SMILES string of the molecule is O=C(Nc1ccccc1)Nc1ccc(CCCCOCCCCCCNC[C@@H](O)c2ccc(O)c(CO)c2)cc1. The van der Waals surface area contributed by atoms with Crippen molar-refractivity contribution in [2.75, 3.05) is 36.9 Å². The van der Waals surface area contributed by atoms with Crippen LogP contribution in [0.2, 0.25) is 0 Å². The van der Waals surface area contributed by atoms with Crippen LogP contribution in [0.25, 0.3) is 0 Å². The molecule has 3 rings (SSSR count). The number of aliphatic hydroxyl groups is 2. The lowest BCUT2D eigenvalue weighted by molar-refractivity contribution is 0.126. The second-order valence-corrected chi connectivity index (χ2v) is 9.89. The fourth-order valence-electron chi connectivity index (χ4n) is 4.31. The zero-order chi connectivity index (χ0) is 28.4. The number of hydrogen-bond donors (Lipinski definition) is 6. The van der Waals surface area contributed by atoms with E-state index in [4.69, 9.17) is 4.74 Å². The lowest BCUT2D eigenvalue weighted by Gasteiger charge is -2.14. The molecule has 40 heavy (non-hydrogen) atoms. The summed E-state index contributed by atoms with van der Waals surface area (Å²) in [5, 5.41) is 38.1. The highest BCUT2D eigenvalue weighted by molar-refractivity contribution is 5.99. The molecule has 3 aromatic rings. The van der Waals surface area contributed by atoms with E-state index in [-0.39, 0.29) is 18.4 Å². The first-order chi connectivity index (χ1) is 19.5. The third-order valence-corrected chi connectivity index (χ3v) is 6.64. The van der Waals surface area contributed by atoms with Gasteiger partial charge in [0, 0.05) is 36.7 Å². The van der Waals surface area contributed by atoms with Crippen molar-refractivity contribution in [3.63, 3.8) is 0 Å². The number of benzene rings is 3. The number of para-hydroxylation sites is 1. The Morgan fingerprint density at radius 1 is 0.800 bits per heavy atom. The van der Waals surface area contributed by atoms with Crippen molar-refractivity contribution in [2.24, 2.45) is 0 Å². The predicted molar refractivity (Wildman–Crippen MR) is 160 cm³/mol. The van der Waals surface area contributed by atoms with Gasteiger partial charge < -0.3 is 36.0 Å². The number of carbonyl (C=O) groups is 1. The average Bonchev–Trinajstić information content (AvgIpc) is 2.97. The Morgan fingerprint density at radius 3 is 2.20 bits per heavy atom. The second kappa shape index (κ2) is 18.0. The van der Waals surface area contributed by atoms with Gasteiger partial charge in [-0.2, -0.15) is 0 Å². The van der Waals surface area contributed by atoms with Gasteiger partial charge in [0.25, 0.3) is 0 Å². The summed E-state index contributed by atoms with van der Waals surface area (Å²) in [7, 11) is 0. The van der Waals surface area contributed by atoms with Crippen LogP contribution in [0.1, 0.15) is 61.3 Å². The maximum atomic E-state index is 12.1. The molecule has 8 nitrogen and oxygen atoms in total. The lowest BCUT2D eigenvalue weighted by Crippen LogP contribution is -2.22. The molecule has 8 heteroatoms. The normalized spacial score (nSPS) is 11.8. The highest BCUT2D eigenvalue weighted by Crippen LogP contribution is 2.22. The zero-order valence-electron chi connectivity index (χ0n) is 23.1. The summed E-state index contributed by atoms with van der Waals surface area (Å²) < 4.78 is 5.78. The Bertz CT molecular complexity index is 1130. The van der Waals surface area contributed by atoms with Crippen LogP contribution in [0.5, 0.6) is 5.75 Å². The summed E-state index contributed by atoms with van der Waals surface area (Å²) in [5.74, 6) is 0.0404. The molecule has 0 saturated carbocycles. The Balaban J connectivity index is 1.13. The Hall–Kier alpha value is -3.43. The standard InChI is InChI=1S/C32H43N3O5/c36-24-27-22-26(15-18-30(27)37)31(38)23-33-19-7-1-2-8-20-40-21-9-6-10-25-13-16-29(17-14-25)35-32(39)34-28-11-4-3-5-12-28/h3-5,11-18,22,31,33,36-38H,1-2,6-10,19-21,23-24H2,(H2,34,35,39)/t31-/m1/s1. The minimum absolute atomic E-state index is 0.0404. The zero-order valence-corrected chi connectivity index (χ0v) is 23.1. The molecule has 2 amide bonds. The van der Waals surface area contributed by atoms with Crippen LogP contribution in [0, 0.1) is 0 Å². The molecule has 0 bridgehead atoms. The Kier molecular flexibility index (Phi) is 14.0. The van der Waals surface area contributed by atoms with Crippen LogP contribution in [0.3, 0.4) is 0 Å². The molecule has 1 atom stereocenters. The molecule has 3 aromatic carbocycles. The minimum atomic E-state index is -0.672. The number of urea groups is 1. The Morgan fingerprint density at radius 2 is 1.48 bits per heavy atom. The van der Waals surface area contributed by atoms with Crippen LogP contribution in [-0.4, -0.2) is 47.7 Å². The van der Waals surface area contributed by atoms with Gasteiger partial charge in [0.05, 0.1) is 12.7 Å². The number of hydrogen-bond acceptors (Lipinski definition) is 6. The van der Waals surface area contributed by atoms with E-state index < -0.39 is 6.10 Å². The first-order valence-electron chi connectivity index (χ1n) is 14.2. The van der Waals surface area contributed by atoms with Crippen LogP contribution in [0.4, 0.5) is 16.2 Å². The van der Waals surface area contributed by atoms with E-state index in [1.807, 2.05) is 42.5 Å². The van der Waals surface area contributed by atoms with Crippen LogP contribution < -0.4 is 16.0 Å². The molecule has 0 spiro atoms. The fraction of sp³-hybridized carbons (Fsp3) is 0.406. The monoisotopic (exact) mass is 549 g/mol. The molecule has 0 unspecified atom stereocenters. The molecule has 216 valence electrons. The number of carbonyl (C=O) groups excluding carboxylic acids is 1. The molecule has 0 aliphatic carbocycles. The van der Waals surface area contributed by atoms with Gasteiger partial charge in [-0.15, -0.1) is 0 Å². The Labute approximate surface area is 237 Å². The van der Waals surface area contributed by atoms with E-state index in [1.165, 1.54) is 11.6 Å². The van der Waals surface area contributed by atoms with Gasteiger partial charge in [-0.3, -0.25) is 0 Å². The number of unbranched alkanes of at least 4 members (excludes halogenated alkanes) is 4. The highest BCUT2D eigenvalue weighted by Gasteiger charge is 2.10. The van der Waals surface area contributed by atoms with Gasteiger partial charge in [0.2, 0.25) is 0 Å². The fourth-order valence-corrected chi connectivity index (χ4v) is 4.31.